The van der Waals surface area contributed by atoms with E-state index < -0.39 is 0 Å². The number of rotatable bonds is 5. The van der Waals surface area contributed by atoms with Gasteiger partial charge in [-0.25, -0.2) is 0 Å². The quantitative estimate of drug-likeness (QED) is 0.810. The van der Waals surface area contributed by atoms with Gasteiger partial charge in [-0.1, -0.05) is 20.8 Å². The number of fused-ring (bicyclic) bond motifs is 1. The van der Waals surface area contributed by atoms with Gasteiger partial charge < -0.3 is 14.6 Å². The number of H-pyrrole nitrogens is 1. The topological polar surface area (TPSA) is 45.3 Å². The number of hydrogen-bond acceptors (Lipinski definition) is 2. The van der Waals surface area contributed by atoms with Crippen molar-refractivity contribution in [3.05, 3.63) is 30.0 Å². The first-order chi connectivity index (χ1) is 12.4. The van der Waals surface area contributed by atoms with Crippen LogP contribution in [0.1, 0.15) is 64.9 Å². The summed E-state index contributed by atoms with van der Waals surface area (Å²) in [4.78, 5) is 18.6. The van der Waals surface area contributed by atoms with Crippen LogP contribution in [-0.4, -0.2) is 35.0 Å². The minimum Gasteiger partial charge on any atom is -0.497 e. The first-order valence-corrected chi connectivity index (χ1v) is 9.90. The monoisotopic (exact) mass is 356 g/mol. The molecule has 1 aromatic carbocycles. The van der Waals surface area contributed by atoms with Gasteiger partial charge in [-0.2, -0.15) is 0 Å². The van der Waals surface area contributed by atoms with E-state index in [1.165, 1.54) is 5.56 Å². The van der Waals surface area contributed by atoms with Crippen molar-refractivity contribution in [2.24, 2.45) is 5.92 Å². The van der Waals surface area contributed by atoms with Crippen molar-refractivity contribution in [2.45, 2.75) is 71.4 Å². The third kappa shape index (κ3) is 3.60. The Kier molecular flexibility index (Phi) is 5.59. The van der Waals surface area contributed by atoms with E-state index in [1.54, 1.807) is 7.11 Å². The average Bonchev–Trinajstić information content (AvgIpc) is 3.03. The zero-order valence-electron chi connectivity index (χ0n) is 16.7. The fourth-order valence-corrected chi connectivity index (χ4v) is 4.68. The Balaban J connectivity index is 1.79. The number of amides is 1. The number of hydrogen-bond donors (Lipinski definition) is 1. The molecule has 4 nitrogen and oxygen atoms in total. The zero-order chi connectivity index (χ0) is 18.8. The van der Waals surface area contributed by atoms with Crippen molar-refractivity contribution in [1.29, 1.82) is 0 Å². The minimum absolute atomic E-state index is 0.174. The Morgan fingerprint density at radius 2 is 2.12 bits per heavy atom. The molecule has 1 aliphatic rings. The zero-order valence-corrected chi connectivity index (χ0v) is 16.7. The van der Waals surface area contributed by atoms with Crippen molar-refractivity contribution >= 4 is 16.8 Å². The maximum absolute atomic E-state index is 13.1. The molecule has 1 aromatic heterocycles. The van der Waals surface area contributed by atoms with E-state index in [1.807, 2.05) is 18.3 Å². The van der Waals surface area contributed by atoms with E-state index in [9.17, 15) is 4.79 Å². The summed E-state index contributed by atoms with van der Waals surface area (Å²) in [6.45, 7) is 8.86. The van der Waals surface area contributed by atoms with Crippen LogP contribution < -0.4 is 4.74 Å². The highest BCUT2D eigenvalue weighted by molar-refractivity contribution is 5.86. The predicted molar refractivity (Wildman–Crippen MR) is 107 cm³/mol. The van der Waals surface area contributed by atoms with Crippen LogP contribution in [0, 0.1) is 5.92 Å². The fraction of sp³-hybridized carbons (Fsp3) is 0.591. The number of carbonyl (C=O) groups is 1. The van der Waals surface area contributed by atoms with Gasteiger partial charge in [0.25, 0.3) is 0 Å². The standard InChI is InChI=1S/C22H32N2O2/c1-6-17-10-14(2)9-16(4)24(17)22(25)11-15(3)20-13-23-21-8-7-18(26-5)12-19(20)21/h7-8,12-17,23H,6,9-11H2,1-5H3. The smallest absolute Gasteiger partial charge is 0.223 e. The van der Waals surface area contributed by atoms with Crippen LogP contribution in [0.3, 0.4) is 0 Å². The molecule has 1 fully saturated rings. The molecule has 1 saturated heterocycles. The first kappa shape index (κ1) is 18.8. The van der Waals surface area contributed by atoms with Gasteiger partial charge in [0, 0.05) is 35.6 Å². The second-order valence-corrected chi connectivity index (χ2v) is 8.05. The van der Waals surface area contributed by atoms with Gasteiger partial charge >= 0.3 is 0 Å². The summed E-state index contributed by atoms with van der Waals surface area (Å²) in [7, 11) is 1.68. The molecule has 1 aliphatic heterocycles. The molecule has 1 N–H and O–H groups in total. The van der Waals surface area contributed by atoms with Gasteiger partial charge in [0.05, 0.1) is 7.11 Å². The molecular formula is C22H32N2O2. The van der Waals surface area contributed by atoms with Crippen molar-refractivity contribution in [1.82, 2.24) is 9.88 Å². The summed E-state index contributed by atoms with van der Waals surface area (Å²) in [6, 6.07) is 6.78. The number of nitrogens with zero attached hydrogens (tertiary/aromatic N) is 1. The number of ether oxygens (including phenoxy) is 1. The Bertz CT molecular complexity index is 767. The SMILES string of the molecule is CCC1CC(C)CC(C)N1C(=O)CC(C)c1c[nH]c2ccc(OC)cc12. The Morgan fingerprint density at radius 3 is 2.81 bits per heavy atom. The van der Waals surface area contributed by atoms with Gasteiger partial charge in [0.1, 0.15) is 5.75 Å². The molecule has 0 bridgehead atoms. The molecule has 4 unspecified atom stereocenters. The number of carbonyl (C=O) groups excluding carboxylic acids is 1. The number of likely N-dealkylation sites (tertiary alicyclic amines) is 1. The maximum Gasteiger partial charge on any atom is 0.223 e. The van der Waals surface area contributed by atoms with Crippen molar-refractivity contribution in [3.8, 4) is 5.75 Å². The number of piperidine rings is 1. The fourth-order valence-electron chi connectivity index (χ4n) is 4.68. The molecule has 4 atom stereocenters. The van der Waals surface area contributed by atoms with Gasteiger partial charge in [0.15, 0.2) is 0 Å². The number of aromatic nitrogens is 1. The molecule has 26 heavy (non-hydrogen) atoms. The summed E-state index contributed by atoms with van der Waals surface area (Å²) in [5.41, 5.74) is 2.28. The summed E-state index contributed by atoms with van der Waals surface area (Å²) < 4.78 is 5.37. The minimum atomic E-state index is 0.174. The lowest BCUT2D eigenvalue weighted by Crippen LogP contribution is -2.50. The lowest BCUT2D eigenvalue weighted by Gasteiger charge is -2.43. The van der Waals surface area contributed by atoms with Crippen LogP contribution in [0.5, 0.6) is 5.75 Å². The molecule has 2 heterocycles. The van der Waals surface area contributed by atoms with E-state index >= 15 is 0 Å². The number of benzene rings is 1. The summed E-state index contributed by atoms with van der Waals surface area (Å²) >= 11 is 0. The van der Waals surface area contributed by atoms with Gasteiger partial charge in [-0.15, -0.1) is 0 Å². The van der Waals surface area contributed by atoms with E-state index in [-0.39, 0.29) is 5.92 Å². The van der Waals surface area contributed by atoms with Crippen molar-refractivity contribution in [3.63, 3.8) is 0 Å². The Morgan fingerprint density at radius 1 is 1.35 bits per heavy atom. The first-order valence-electron chi connectivity index (χ1n) is 9.90. The van der Waals surface area contributed by atoms with Gasteiger partial charge in [0.2, 0.25) is 5.91 Å². The highest BCUT2D eigenvalue weighted by Crippen LogP contribution is 2.34. The molecule has 3 rings (SSSR count). The largest absolute Gasteiger partial charge is 0.497 e. The lowest BCUT2D eigenvalue weighted by atomic mass is 9.85. The third-order valence-corrected chi connectivity index (χ3v) is 5.98. The second-order valence-electron chi connectivity index (χ2n) is 8.05. The molecule has 0 aliphatic carbocycles. The van der Waals surface area contributed by atoms with E-state index in [4.69, 9.17) is 4.74 Å². The molecule has 0 radical (unpaired) electrons. The highest BCUT2D eigenvalue weighted by Gasteiger charge is 2.34. The predicted octanol–water partition coefficient (Wildman–Crippen LogP) is 5.10. The van der Waals surface area contributed by atoms with Crippen LogP contribution in [-0.2, 0) is 4.79 Å². The number of aromatic amines is 1. The number of methoxy groups -OCH3 is 1. The van der Waals surface area contributed by atoms with E-state index in [0.717, 1.165) is 35.9 Å². The van der Waals surface area contributed by atoms with Gasteiger partial charge in [-0.05, 0) is 61.8 Å². The molecule has 0 spiro atoms. The summed E-state index contributed by atoms with van der Waals surface area (Å²) in [6.07, 6.45) is 5.88. The normalized spacial score (nSPS) is 24.7. The second kappa shape index (κ2) is 7.73. The van der Waals surface area contributed by atoms with Gasteiger partial charge in [-0.3, -0.25) is 4.79 Å². The Hall–Kier alpha value is -1.97. The van der Waals surface area contributed by atoms with Crippen LogP contribution in [0.4, 0.5) is 0 Å². The molecular weight excluding hydrogens is 324 g/mol. The lowest BCUT2D eigenvalue weighted by molar-refractivity contribution is -0.139. The van der Waals surface area contributed by atoms with Crippen LogP contribution in [0.2, 0.25) is 0 Å². The molecule has 0 saturated carbocycles. The summed E-state index contributed by atoms with van der Waals surface area (Å²) in [5, 5.41) is 1.15. The van der Waals surface area contributed by atoms with Crippen LogP contribution in [0.25, 0.3) is 10.9 Å². The molecule has 2 aromatic rings. The third-order valence-electron chi connectivity index (χ3n) is 5.98. The average molecular weight is 357 g/mol. The molecule has 4 heteroatoms. The maximum atomic E-state index is 13.1. The number of nitrogens with one attached hydrogen (secondary N) is 1. The van der Waals surface area contributed by atoms with Crippen molar-refractivity contribution in [2.75, 3.05) is 7.11 Å². The van der Waals surface area contributed by atoms with Crippen molar-refractivity contribution < 1.29 is 9.53 Å². The summed E-state index contributed by atoms with van der Waals surface area (Å²) in [5.74, 6) is 2.02. The van der Waals surface area contributed by atoms with E-state index in [0.29, 0.717) is 30.3 Å². The molecule has 1 amide bonds. The van der Waals surface area contributed by atoms with E-state index in [2.05, 4.69) is 43.6 Å². The highest BCUT2D eigenvalue weighted by atomic mass is 16.5. The van der Waals surface area contributed by atoms with Crippen LogP contribution >= 0.6 is 0 Å². The van der Waals surface area contributed by atoms with Crippen LogP contribution in [0.15, 0.2) is 24.4 Å². The molecule has 142 valence electrons. The Labute approximate surface area is 156 Å².